The van der Waals surface area contributed by atoms with E-state index in [9.17, 15) is 4.79 Å². The van der Waals surface area contributed by atoms with Gasteiger partial charge >= 0.3 is 0 Å². The number of hydrogen-bond donors (Lipinski definition) is 1. The van der Waals surface area contributed by atoms with E-state index >= 15 is 0 Å². The van der Waals surface area contributed by atoms with Gasteiger partial charge in [0.1, 0.15) is 0 Å². The maximum Gasteiger partial charge on any atom is 0.257 e. The normalized spacial score (nSPS) is 10.2. The quantitative estimate of drug-likeness (QED) is 0.860. The molecule has 1 N–H and O–H groups in total. The summed E-state index contributed by atoms with van der Waals surface area (Å²) in [5.41, 5.74) is 3.08. The third-order valence-corrected chi connectivity index (χ3v) is 3.29. The molecule has 2 aromatic rings. The molecule has 92 valence electrons. The van der Waals surface area contributed by atoms with Crippen molar-refractivity contribution in [2.75, 3.05) is 5.32 Å². The molecule has 0 saturated carbocycles. The molecular weight excluding hydrogens is 246 g/mol. The summed E-state index contributed by atoms with van der Waals surface area (Å²) in [6.45, 7) is 3.77. The van der Waals surface area contributed by atoms with E-state index in [0.717, 1.165) is 16.8 Å². The van der Waals surface area contributed by atoms with E-state index in [0.29, 0.717) is 10.6 Å². The number of carbonyl (C=O) groups excluding carboxylic acids is 1. The second-order valence-corrected chi connectivity index (χ2v) is 4.59. The van der Waals surface area contributed by atoms with Crippen LogP contribution in [0, 0.1) is 13.8 Å². The zero-order chi connectivity index (χ0) is 13.1. The highest BCUT2D eigenvalue weighted by Crippen LogP contribution is 2.24. The van der Waals surface area contributed by atoms with Crippen LogP contribution >= 0.6 is 11.6 Å². The van der Waals surface area contributed by atoms with Crippen molar-refractivity contribution >= 4 is 23.2 Å². The van der Waals surface area contributed by atoms with E-state index in [1.807, 2.05) is 56.3 Å². The lowest BCUT2D eigenvalue weighted by Gasteiger charge is -2.11. The molecule has 0 fully saturated rings. The molecule has 2 rings (SSSR count). The standard InChI is InChI=1S/C15H14ClNO/c1-10-8-9-11(2)14(16)13(10)15(18)17-12-6-4-3-5-7-12/h3-9H,1-2H3,(H,17,18). The van der Waals surface area contributed by atoms with Crippen molar-refractivity contribution in [1.29, 1.82) is 0 Å². The van der Waals surface area contributed by atoms with Crippen LogP contribution in [0.3, 0.4) is 0 Å². The SMILES string of the molecule is Cc1ccc(C)c(C(=O)Nc2ccccc2)c1Cl. The molecule has 1 amide bonds. The number of anilines is 1. The van der Waals surface area contributed by atoms with Gasteiger partial charge in [0.25, 0.3) is 5.91 Å². The lowest BCUT2D eigenvalue weighted by molar-refractivity contribution is 0.102. The lowest BCUT2D eigenvalue weighted by atomic mass is 10.0. The Kier molecular flexibility index (Phi) is 3.68. The Bertz CT molecular complexity index is 579. The average Bonchev–Trinajstić information content (AvgIpc) is 2.36. The molecule has 0 unspecified atom stereocenters. The third-order valence-electron chi connectivity index (χ3n) is 2.80. The Morgan fingerprint density at radius 1 is 1.00 bits per heavy atom. The smallest absolute Gasteiger partial charge is 0.257 e. The predicted octanol–water partition coefficient (Wildman–Crippen LogP) is 4.21. The van der Waals surface area contributed by atoms with Crippen LogP contribution in [-0.4, -0.2) is 5.91 Å². The summed E-state index contributed by atoms with van der Waals surface area (Å²) in [7, 11) is 0. The maximum absolute atomic E-state index is 12.2. The van der Waals surface area contributed by atoms with Crippen LogP contribution in [-0.2, 0) is 0 Å². The minimum absolute atomic E-state index is 0.174. The van der Waals surface area contributed by atoms with Gasteiger partial charge in [-0.05, 0) is 37.1 Å². The molecule has 3 heteroatoms. The largest absolute Gasteiger partial charge is 0.322 e. The van der Waals surface area contributed by atoms with Gasteiger partial charge in [0.15, 0.2) is 0 Å². The molecular formula is C15H14ClNO. The maximum atomic E-state index is 12.2. The molecule has 0 heterocycles. The van der Waals surface area contributed by atoms with Gasteiger partial charge in [-0.2, -0.15) is 0 Å². The zero-order valence-corrected chi connectivity index (χ0v) is 11.1. The second kappa shape index (κ2) is 5.23. The van der Waals surface area contributed by atoms with E-state index in [1.54, 1.807) is 0 Å². The summed E-state index contributed by atoms with van der Waals surface area (Å²) in [6.07, 6.45) is 0. The summed E-state index contributed by atoms with van der Waals surface area (Å²) in [5.74, 6) is -0.174. The number of halogens is 1. The highest BCUT2D eigenvalue weighted by Gasteiger charge is 2.15. The average molecular weight is 260 g/mol. The first-order valence-corrected chi connectivity index (χ1v) is 6.09. The van der Waals surface area contributed by atoms with Crippen molar-refractivity contribution in [1.82, 2.24) is 0 Å². The van der Waals surface area contributed by atoms with E-state index in [4.69, 9.17) is 11.6 Å². The van der Waals surface area contributed by atoms with Crippen molar-refractivity contribution in [2.24, 2.45) is 0 Å². The molecule has 0 atom stereocenters. The van der Waals surface area contributed by atoms with E-state index in [1.165, 1.54) is 0 Å². The lowest BCUT2D eigenvalue weighted by Crippen LogP contribution is -2.14. The molecule has 0 saturated heterocycles. The fraction of sp³-hybridized carbons (Fsp3) is 0.133. The number of para-hydroxylation sites is 1. The van der Waals surface area contributed by atoms with E-state index in [-0.39, 0.29) is 5.91 Å². The number of amides is 1. The highest BCUT2D eigenvalue weighted by atomic mass is 35.5. The monoisotopic (exact) mass is 259 g/mol. The third kappa shape index (κ3) is 2.54. The van der Waals surface area contributed by atoms with Crippen molar-refractivity contribution in [2.45, 2.75) is 13.8 Å². The number of aryl methyl sites for hydroxylation is 2. The highest BCUT2D eigenvalue weighted by molar-refractivity contribution is 6.35. The summed E-state index contributed by atoms with van der Waals surface area (Å²) in [5, 5.41) is 3.36. The number of hydrogen-bond acceptors (Lipinski definition) is 1. The van der Waals surface area contributed by atoms with Crippen LogP contribution < -0.4 is 5.32 Å². The van der Waals surface area contributed by atoms with Gasteiger partial charge in [-0.25, -0.2) is 0 Å². The Hall–Kier alpha value is -1.80. The molecule has 0 aliphatic rings. The number of carbonyl (C=O) groups is 1. The first kappa shape index (κ1) is 12.7. The van der Waals surface area contributed by atoms with Crippen LogP contribution in [0.2, 0.25) is 5.02 Å². The summed E-state index contributed by atoms with van der Waals surface area (Å²) >= 11 is 6.20. The molecule has 0 radical (unpaired) electrons. The summed E-state index contributed by atoms with van der Waals surface area (Å²) in [4.78, 5) is 12.2. The van der Waals surface area contributed by atoms with E-state index < -0.39 is 0 Å². The zero-order valence-electron chi connectivity index (χ0n) is 10.3. The fourth-order valence-electron chi connectivity index (χ4n) is 1.77. The van der Waals surface area contributed by atoms with Gasteiger partial charge in [0, 0.05) is 5.69 Å². The minimum atomic E-state index is -0.174. The van der Waals surface area contributed by atoms with Gasteiger partial charge in [0.2, 0.25) is 0 Å². The van der Waals surface area contributed by atoms with Crippen molar-refractivity contribution < 1.29 is 4.79 Å². The van der Waals surface area contributed by atoms with Crippen molar-refractivity contribution in [3.8, 4) is 0 Å². The van der Waals surface area contributed by atoms with Crippen molar-refractivity contribution in [3.63, 3.8) is 0 Å². The Morgan fingerprint density at radius 2 is 1.61 bits per heavy atom. The fourth-order valence-corrected chi connectivity index (χ4v) is 2.07. The Labute approximate surface area is 112 Å². The van der Waals surface area contributed by atoms with Gasteiger partial charge in [0.05, 0.1) is 10.6 Å². The topological polar surface area (TPSA) is 29.1 Å². The number of nitrogens with one attached hydrogen (secondary N) is 1. The molecule has 2 nitrogen and oxygen atoms in total. The van der Waals surface area contributed by atoms with Gasteiger partial charge < -0.3 is 5.32 Å². The van der Waals surface area contributed by atoms with Crippen molar-refractivity contribution in [3.05, 3.63) is 64.2 Å². The molecule has 0 bridgehead atoms. The summed E-state index contributed by atoms with van der Waals surface area (Å²) < 4.78 is 0. The van der Waals surface area contributed by atoms with Crippen LogP contribution in [0.25, 0.3) is 0 Å². The van der Waals surface area contributed by atoms with Crippen LogP contribution in [0.4, 0.5) is 5.69 Å². The molecule has 18 heavy (non-hydrogen) atoms. The number of benzene rings is 2. The summed E-state index contributed by atoms with van der Waals surface area (Å²) in [6, 6.07) is 13.2. The Balaban J connectivity index is 2.33. The first-order valence-electron chi connectivity index (χ1n) is 5.71. The van der Waals surface area contributed by atoms with Crippen LogP contribution in [0.5, 0.6) is 0 Å². The van der Waals surface area contributed by atoms with Crippen LogP contribution in [0.15, 0.2) is 42.5 Å². The molecule has 0 aliphatic carbocycles. The van der Waals surface area contributed by atoms with Gasteiger partial charge in [-0.15, -0.1) is 0 Å². The van der Waals surface area contributed by atoms with Gasteiger partial charge in [-0.3, -0.25) is 4.79 Å². The number of rotatable bonds is 2. The minimum Gasteiger partial charge on any atom is -0.322 e. The van der Waals surface area contributed by atoms with Gasteiger partial charge in [-0.1, -0.05) is 41.9 Å². The molecule has 0 spiro atoms. The molecule has 2 aromatic carbocycles. The van der Waals surface area contributed by atoms with E-state index in [2.05, 4.69) is 5.32 Å². The molecule has 0 aliphatic heterocycles. The first-order chi connectivity index (χ1) is 8.59. The molecule has 0 aromatic heterocycles. The second-order valence-electron chi connectivity index (χ2n) is 4.21. The predicted molar refractivity (Wildman–Crippen MR) is 75.3 cm³/mol. The Morgan fingerprint density at radius 3 is 2.28 bits per heavy atom. The van der Waals surface area contributed by atoms with Crippen LogP contribution in [0.1, 0.15) is 21.5 Å².